The van der Waals surface area contributed by atoms with Crippen LogP contribution in [0, 0.1) is 11.7 Å². The van der Waals surface area contributed by atoms with E-state index in [1.54, 1.807) is 6.07 Å². The summed E-state index contributed by atoms with van der Waals surface area (Å²) in [7, 11) is 1.94. The minimum atomic E-state index is -0.230. The van der Waals surface area contributed by atoms with E-state index in [-0.39, 0.29) is 11.9 Å². The molecule has 0 aliphatic carbocycles. The highest BCUT2D eigenvalue weighted by Gasteiger charge is 2.29. The zero-order valence-corrected chi connectivity index (χ0v) is 10.8. The van der Waals surface area contributed by atoms with Crippen LogP contribution in [0.3, 0.4) is 0 Å². The maximum Gasteiger partial charge on any atom is 0.137 e. The van der Waals surface area contributed by atoms with Gasteiger partial charge in [0.1, 0.15) is 5.82 Å². The molecule has 88 valence electrons. The molecule has 2 atom stereocenters. The molecule has 2 unspecified atom stereocenters. The first-order valence-corrected chi connectivity index (χ1v) is 6.23. The van der Waals surface area contributed by atoms with Crippen molar-refractivity contribution in [3.8, 4) is 0 Å². The summed E-state index contributed by atoms with van der Waals surface area (Å²) in [6, 6.07) is 5.10. The van der Waals surface area contributed by atoms with E-state index >= 15 is 0 Å². The van der Waals surface area contributed by atoms with Crippen molar-refractivity contribution < 1.29 is 9.13 Å². The summed E-state index contributed by atoms with van der Waals surface area (Å²) >= 11 is 3.21. The van der Waals surface area contributed by atoms with Crippen molar-refractivity contribution in [3.05, 3.63) is 34.1 Å². The molecular weight excluding hydrogens is 273 g/mol. The minimum Gasteiger partial charge on any atom is -0.373 e. The second-order valence-electron chi connectivity index (χ2n) is 4.07. The molecule has 0 saturated carbocycles. The lowest BCUT2D eigenvalue weighted by molar-refractivity contribution is 0.0909. The molecule has 1 fully saturated rings. The molecule has 0 spiro atoms. The van der Waals surface area contributed by atoms with Crippen LogP contribution in [0.5, 0.6) is 0 Å². The third-order valence-electron chi connectivity index (χ3n) is 2.95. The van der Waals surface area contributed by atoms with Gasteiger partial charge in [-0.05, 0) is 47.1 Å². The molecule has 0 amide bonds. The Morgan fingerprint density at radius 2 is 2.38 bits per heavy atom. The van der Waals surface area contributed by atoms with Crippen molar-refractivity contribution >= 4 is 15.9 Å². The monoisotopic (exact) mass is 287 g/mol. The van der Waals surface area contributed by atoms with Crippen molar-refractivity contribution in [2.45, 2.75) is 12.5 Å². The maximum absolute atomic E-state index is 13.1. The van der Waals surface area contributed by atoms with Crippen molar-refractivity contribution in [2.24, 2.45) is 5.92 Å². The van der Waals surface area contributed by atoms with Crippen LogP contribution < -0.4 is 5.32 Å². The van der Waals surface area contributed by atoms with Gasteiger partial charge in [-0.2, -0.15) is 0 Å². The van der Waals surface area contributed by atoms with Crippen LogP contribution in [0.1, 0.15) is 18.1 Å². The Morgan fingerprint density at radius 3 is 3.06 bits per heavy atom. The fourth-order valence-corrected chi connectivity index (χ4v) is 2.56. The lowest BCUT2D eigenvalue weighted by Crippen LogP contribution is -2.21. The molecule has 2 rings (SSSR count). The summed E-state index contributed by atoms with van der Waals surface area (Å²) in [5.41, 5.74) is 1.05. The zero-order valence-electron chi connectivity index (χ0n) is 9.17. The first-order chi connectivity index (χ1) is 7.72. The van der Waals surface area contributed by atoms with Crippen molar-refractivity contribution in [3.63, 3.8) is 0 Å². The van der Waals surface area contributed by atoms with Gasteiger partial charge in [0.2, 0.25) is 0 Å². The average molecular weight is 288 g/mol. The van der Waals surface area contributed by atoms with Crippen LogP contribution in [0.2, 0.25) is 0 Å². The quantitative estimate of drug-likeness (QED) is 0.923. The Kier molecular flexibility index (Phi) is 3.95. The second-order valence-corrected chi connectivity index (χ2v) is 4.93. The van der Waals surface area contributed by atoms with Crippen molar-refractivity contribution in [1.82, 2.24) is 5.32 Å². The molecule has 0 aromatic heterocycles. The van der Waals surface area contributed by atoms with E-state index in [0.717, 1.165) is 25.1 Å². The molecule has 1 heterocycles. The van der Waals surface area contributed by atoms with Crippen LogP contribution in [0.15, 0.2) is 22.7 Å². The molecule has 1 aromatic carbocycles. The molecule has 1 aliphatic rings. The van der Waals surface area contributed by atoms with Gasteiger partial charge in [0.05, 0.1) is 10.6 Å². The fraction of sp³-hybridized carbons (Fsp3) is 0.500. The van der Waals surface area contributed by atoms with Gasteiger partial charge in [-0.25, -0.2) is 4.39 Å². The van der Waals surface area contributed by atoms with Gasteiger partial charge < -0.3 is 10.1 Å². The Bertz CT molecular complexity index is 372. The summed E-state index contributed by atoms with van der Waals surface area (Å²) in [6.07, 6.45) is 1.14. The van der Waals surface area contributed by atoms with Crippen LogP contribution in [0.4, 0.5) is 4.39 Å². The van der Waals surface area contributed by atoms with E-state index in [4.69, 9.17) is 4.74 Å². The lowest BCUT2D eigenvalue weighted by atomic mass is 9.95. The smallest absolute Gasteiger partial charge is 0.137 e. The van der Waals surface area contributed by atoms with Crippen molar-refractivity contribution in [1.29, 1.82) is 0 Å². The molecule has 0 bridgehead atoms. The zero-order chi connectivity index (χ0) is 11.5. The number of benzene rings is 1. The summed E-state index contributed by atoms with van der Waals surface area (Å²) < 4.78 is 19.4. The number of hydrogen-bond acceptors (Lipinski definition) is 2. The third kappa shape index (κ3) is 2.44. The van der Waals surface area contributed by atoms with Crippen LogP contribution in [-0.4, -0.2) is 20.2 Å². The highest BCUT2D eigenvalue weighted by atomic mass is 79.9. The second kappa shape index (κ2) is 5.25. The van der Waals surface area contributed by atoms with Crippen LogP contribution in [0.25, 0.3) is 0 Å². The normalized spacial score (nSPS) is 24.9. The van der Waals surface area contributed by atoms with Gasteiger partial charge >= 0.3 is 0 Å². The van der Waals surface area contributed by atoms with E-state index in [0.29, 0.717) is 10.4 Å². The van der Waals surface area contributed by atoms with Crippen molar-refractivity contribution in [2.75, 3.05) is 20.2 Å². The topological polar surface area (TPSA) is 21.3 Å². The van der Waals surface area contributed by atoms with E-state index in [2.05, 4.69) is 21.2 Å². The average Bonchev–Trinajstić information content (AvgIpc) is 2.71. The summed E-state index contributed by atoms with van der Waals surface area (Å²) in [5, 5.41) is 3.17. The van der Waals surface area contributed by atoms with Gasteiger partial charge in [0.25, 0.3) is 0 Å². The Hall–Kier alpha value is -0.450. The Morgan fingerprint density at radius 1 is 1.56 bits per heavy atom. The van der Waals surface area contributed by atoms with Gasteiger partial charge in [0, 0.05) is 19.1 Å². The molecule has 4 heteroatoms. The number of halogens is 2. The third-order valence-corrected chi connectivity index (χ3v) is 3.56. The highest BCUT2D eigenvalue weighted by molar-refractivity contribution is 9.10. The molecule has 1 N–H and O–H groups in total. The predicted molar refractivity (Wildman–Crippen MR) is 64.8 cm³/mol. The lowest BCUT2D eigenvalue weighted by Gasteiger charge is -2.18. The number of ether oxygens (including phenoxy) is 1. The highest BCUT2D eigenvalue weighted by Crippen LogP contribution is 2.35. The maximum atomic E-state index is 13.1. The fourth-order valence-electron chi connectivity index (χ4n) is 2.16. The Balaban J connectivity index is 2.19. The van der Waals surface area contributed by atoms with E-state index in [1.165, 1.54) is 6.07 Å². The molecule has 1 saturated heterocycles. The summed E-state index contributed by atoms with van der Waals surface area (Å²) in [6.45, 7) is 1.71. The SMILES string of the molecule is CNCC1CCOC1c1ccc(F)c(Br)c1. The molecule has 0 radical (unpaired) electrons. The van der Waals surface area contributed by atoms with Gasteiger partial charge in [-0.1, -0.05) is 6.07 Å². The van der Waals surface area contributed by atoms with Crippen LogP contribution in [-0.2, 0) is 4.74 Å². The minimum absolute atomic E-state index is 0.0874. The molecule has 2 nitrogen and oxygen atoms in total. The predicted octanol–water partition coefficient (Wildman–Crippen LogP) is 2.89. The van der Waals surface area contributed by atoms with Gasteiger partial charge in [-0.3, -0.25) is 0 Å². The van der Waals surface area contributed by atoms with E-state index in [9.17, 15) is 4.39 Å². The number of nitrogens with one attached hydrogen (secondary N) is 1. The summed E-state index contributed by atoms with van der Waals surface area (Å²) in [5.74, 6) is 0.245. The summed E-state index contributed by atoms with van der Waals surface area (Å²) in [4.78, 5) is 0. The standard InChI is InChI=1S/C12H15BrFNO/c1-15-7-9-4-5-16-12(9)8-2-3-11(14)10(13)6-8/h2-3,6,9,12,15H,4-5,7H2,1H3. The molecular formula is C12H15BrFNO. The van der Waals surface area contributed by atoms with E-state index < -0.39 is 0 Å². The molecule has 1 aliphatic heterocycles. The molecule has 1 aromatic rings. The largest absolute Gasteiger partial charge is 0.373 e. The first-order valence-electron chi connectivity index (χ1n) is 5.43. The van der Waals surface area contributed by atoms with Gasteiger partial charge in [-0.15, -0.1) is 0 Å². The Labute approximate surface area is 103 Å². The molecule has 16 heavy (non-hydrogen) atoms. The number of rotatable bonds is 3. The number of hydrogen-bond donors (Lipinski definition) is 1. The van der Waals surface area contributed by atoms with Crippen LogP contribution >= 0.6 is 15.9 Å². The first kappa shape index (κ1) is 12.0. The van der Waals surface area contributed by atoms with E-state index in [1.807, 2.05) is 13.1 Å². The van der Waals surface area contributed by atoms with Gasteiger partial charge in [0.15, 0.2) is 0 Å².